The van der Waals surface area contributed by atoms with Crippen molar-refractivity contribution in [3.8, 4) is 0 Å². The maximum Gasteiger partial charge on any atom is 0.243 e. The summed E-state index contributed by atoms with van der Waals surface area (Å²) in [6, 6.07) is 3.95. The number of aromatic nitrogens is 3. The Morgan fingerprint density at radius 3 is 3.11 bits per heavy atom. The highest BCUT2D eigenvalue weighted by molar-refractivity contribution is 5.43. The number of anilines is 1. The van der Waals surface area contributed by atoms with Gasteiger partial charge in [0.25, 0.3) is 0 Å². The molecule has 6 nitrogen and oxygen atoms in total. The molecule has 2 heterocycles. The van der Waals surface area contributed by atoms with Gasteiger partial charge in [0.05, 0.1) is 13.2 Å². The van der Waals surface area contributed by atoms with Gasteiger partial charge in [-0.1, -0.05) is 6.07 Å². The van der Waals surface area contributed by atoms with Crippen LogP contribution in [0.5, 0.6) is 0 Å². The molecule has 0 saturated carbocycles. The summed E-state index contributed by atoms with van der Waals surface area (Å²) in [5.74, 6) is 0.628. The quantitative estimate of drug-likeness (QED) is 0.713. The van der Waals surface area contributed by atoms with Crippen molar-refractivity contribution in [1.82, 2.24) is 14.6 Å². The van der Waals surface area contributed by atoms with E-state index in [1.165, 1.54) is 0 Å². The Balaban J connectivity index is 1.81. The molecule has 0 amide bonds. The first-order valence-electron chi connectivity index (χ1n) is 6.05. The Kier molecular flexibility index (Phi) is 4.49. The lowest BCUT2D eigenvalue weighted by Gasteiger charge is -2.02. The summed E-state index contributed by atoms with van der Waals surface area (Å²) in [5.41, 5.74) is 1.98. The molecular weight excluding hydrogens is 232 g/mol. The average molecular weight is 250 g/mol. The van der Waals surface area contributed by atoms with E-state index in [-0.39, 0.29) is 6.61 Å². The number of hydrogen-bond acceptors (Lipinski definition) is 5. The molecule has 0 atom stereocenters. The number of pyridine rings is 1. The molecule has 0 spiro atoms. The summed E-state index contributed by atoms with van der Waals surface area (Å²) in [7, 11) is 0. The molecule has 0 aliphatic carbocycles. The summed E-state index contributed by atoms with van der Waals surface area (Å²) >= 11 is 0. The van der Waals surface area contributed by atoms with Crippen molar-refractivity contribution in [2.75, 3.05) is 31.7 Å². The number of nitrogens with zero attached hydrogens (tertiary/aromatic N) is 3. The van der Waals surface area contributed by atoms with Crippen LogP contribution in [-0.2, 0) is 4.74 Å². The fourth-order valence-electron chi connectivity index (χ4n) is 1.60. The number of aryl methyl sites for hydroxylation is 1. The molecule has 0 radical (unpaired) electrons. The predicted molar refractivity (Wildman–Crippen MR) is 68.7 cm³/mol. The summed E-state index contributed by atoms with van der Waals surface area (Å²) in [5, 5.41) is 16.0. The minimum absolute atomic E-state index is 0.0702. The van der Waals surface area contributed by atoms with Crippen LogP contribution in [0.25, 0.3) is 5.65 Å². The van der Waals surface area contributed by atoms with Gasteiger partial charge in [-0.25, -0.2) is 4.52 Å². The van der Waals surface area contributed by atoms with Gasteiger partial charge in [0.15, 0.2) is 5.65 Å². The zero-order valence-corrected chi connectivity index (χ0v) is 10.5. The van der Waals surface area contributed by atoms with Crippen LogP contribution in [-0.4, -0.2) is 46.1 Å². The molecule has 0 unspecified atom stereocenters. The number of ether oxygens (including phenoxy) is 1. The van der Waals surface area contributed by atoms with Crippen LogP contribution in [0.4, 0.5) is 5.95 Å². The highest BCUT2D eigenvalue weighted by Crippen LogP contribution is 2.06. The van der Waals surface area contributed by atoms with E-state index in [1.807, 2.05) is 25.3 Å². The minimum Gasteiger partial charge on any atom is -0.394 e. The number of rotatable bonds is 7. The van der Waals surface area contributed by atoms with Gasteiger partial charge in [-0.3, -0.25) is 0 Å². The number of fused-ring (bicyclic) bond motifs is 1. The summed E-state index contributed by atoms with van der Waals surface area (Å²) in [4.78, 5) is 4.35. The second-order valence-corrected chi connectivity index (χ2v) is 4.06. The minimum atomic E-state index is 0.0702. The van der Waals surface area contributed by atoms with Crippen LogP contribution in [0.2, 0.25) is 0 Å². The first-order chi connectivity index (χ1) is 8.79. The highest BCUT2D eigenvalue weighted by Gasteiger charge is 2.02. The SMILES string of the molecule is Cc1ccc2nc(NCCCOCCO)nn2c1. The summed E-state index contributed by atoms with van der Waals surface area (Å²) < 4.78 is 6.92. The third kappa shape index (κ3) is 3.41. The Labute approximate surface area is 106 Å². The van der Waals surface area contributed by atoms with E-state index in [9.17, 15) is 0 Å². The van der Waals surface area contributed by atoms with E-state index >= 15 is 0 Å². The Morgan fingerprint density at radius 2 is 2.28 bits per heavy atom. The fraction of sp³-hybridized carbons (Fsp3) is 0.500. The molecule has 0 bridgehead atoms. The lowest BCUT2D eigenvalue weighted by molar-refractivity contribution is 0.0921. The Hall–Kier alpha value is -1.66. The molecule has 2 N–H and O–H groups in total. The van der Waals surface area contributed by atoms with Crippen molar-refractivity contribution in [2.24, 2.45) is 0 Å². The first kappa shape index (κ1) is 12.8. The van der Waals surface area contributed by atoms with Gasteiger partial charge < -0.3 is 15.2 Å². The molecule has 2 aromatic heterocycles. The third-order valence-electron chi connectivity index (χ3n) is 2.46. The second-order valence-electron chi connectivity index (χ2n) is 4.06. The van der Waals surface area contributed by atoms with E-state index < -0.39 is 0 Å². The van der Waals surface area contributed by atoms with Crippen molar-refractivity contribution in [3.63, 3.8) is 0 Å². The van der Waals surface area contributed by atoms with E-state index in [0.717, 1.165) is 24.2 Å². The van der Waals surface area contributed by atoms with Gasteiger partial charge in [0.2, 0.25) is 5.95 Å². The van der Waals surface area contributed by atoms with E-state index in [0.29, 0.717) is 19.2 Å². The van der Waals surface area contributed by atoms with Crippen LogP contribution >= 0.6 is 0 Å². The maximum absolute atomic E-state index is 8.54. The molecule has 0 fully saturated rings. The van der Waals surface area contributed by atoms with Gasteiger partial charge in [0, 0.05) is 19.3 Å². The first-order valence-corrected chi connectivity index (χ1v) is 6.05. The smallest absolute Gasteiger partial charge is 0.243 e. The molecule has 6 heteroatoms. The van der Waals surface area contributed by atoms with Crippen LogP contribution in [0.15, 0.2) is 18.3 Å². The molecule has 2 rings (SSSR count). The average Bonchev–Trinajstić information content (AvgIpc) is 2.75. The van der Waals surface area contributed by atoms with Crippen molar-refractivity contribution >= 4 is 11.6 Å². The van der Waals surface area contributed by atoms with Gasteiger partial charge in [0.1, 0.15) is 0 Å². The lowest BCUT2D eigenvalue weighted by Crippen LogP contribution is -2.08. The van der Waals surface area contributed by atoms with Crippen molar-refractivity contribution < 1.29 is 9.84 Å². The summed E-state index contributed by atoms with van der Waals surface area (Å²) in [6.45, 7) is 3.86. The van der Waals surface area contributed by atoms with E-state index in [2.05, 4.69) is 15.4 Å². The second kappa shape index (κ2) is 6.32. The van der Waals surface area contributed by atoms with Gasteiger partial charge in [-0.15, -0.1) is 5.10 Å². The molecular formula is C12H18N4O2. The van der Waals surface area contributed by atoms with E-state index in [4.69, 9.17) is 9.84 Å². The molecule has 2 aromatic rings. The largest absolute Gasteiger partial charge is 0.394 e. The standard InChI is InChI=1S/C12H18N4O2/c1-10-3-4-11-14-12(15-16(11)9-10)13-5-2-7-18-8-6-17/h3-4,9,17H,2,5-8H2,1H3,(H,13,15). The van der Waals surface area contributed by atoms with Gasteiger partial charge in [-0.2, -0.15) is 4.98 Å². The number of aliphatic hydroxyl groups excluding tert-OH is 1. The van der Waals surface area contributed by atoms with Crippen LogP contribution in [0, 0.1) is 6.92 Å². The van der Waals surface area contributed by atoms with E-state index in [1.54, 1.807) is 4.52 Å². The normalized spacial score (nSPS) is 11.0. The van der Waals surface area contributed by atoms with Crippen LogP contribution in [0.3, 0.4) is 0 Å². The lowest BCUT2D eigenvalue weighted by atomic mass is 10.3. The summed E-state index contributed by atoms with van der Waals surface area (Å²) in [6.07, 6.45) is 2.80. The van der Waals surface area contributed by atoms with Crippen molar-refractivity contribution in [3.05, 3.63) is 23.9 Å². The fourth-order valence-corrected chi connectivity index (χ4v) is 1.60. The monoisotopic (exact) mass is 250 g/mol. The van der Waals surface area contributed by atoms with Crippen molar-refractivity contribution in [1.29, 1.82) is 0 Å². The van der Waals surface area contributed by atoms with Gasteiger partial charge >= 0.3 is 0 Å². The van der Waals surface area contributed by atoms with Gasteiger partial charge in [-0.05, 0) is 25.0 Å². The molecule has 0 aliphatic heterocycles. The Bertz CT molecular complexity index is 498. The Morgan fingerprint density at radius 1 is 1.39 bits per heavy atom. The maximum atomic E-state index is 8.54. The zero-order chi connectivity index (χ0) is 12.8. The third-order valence-corrected chi connectivity index (χ3v) is 2.46. The number of hydrogen-bond donors (Lipinski definition) is 2. The number of aliphatic hydroxyl groups is 1. The molecule has 0 aliphatic rings. The topological polar surface area (TPSA) is 71.7 Å². The highest BCUT2D eigenvalue weighted by atomic mass is 16.5. The molecule has 18 heavy (non-hydrogen) atoms. The predicted octanol–water partition coefficient (Wildman–Crippen LogP) is 0.849. The van der Waals surface area contributed by atoms with Crippen LogP contribution < -0.4 is 5.32 Å². The van der Waals surface area contributed by atoms with Crippen LogP contribution in [0.1, 0.15) is 12.0 Å². The molecule has 0 saturated heterocycles. The number of nitrogens with one attached hydrogen (secondary N) is 1. The van der Waals surface area contributed by atoms with Crippen molar-refractivity contribution in [2.45, 2.75) is 13.3 Å². The zero-order valence-electron chi connectivity index (χ0n) is 10.5. The molecule has 98 valence electrons. The molecule has 0 aromatic carbocycles.